The molecule has 1 aliphatic rings. The first-order chi connectivity index (χ1) is 8.52. The topological polar surface area (TPSA) is 12.0 Å². The van der Waals surface area contributed by atoms with Crippen LogP contribution in [0.5, 0.6) is 0 Å². The van der Waals surface area contributed by atoms with E-state index < -0.39 is 0 Å². The molecular formula is C15H19BrFN. The van der Waals surface area contributed by atoms with E-state index in [1.54, 1.807) is 6.07 Å². The fourth-order valence-electron chi connectivity index (χ4n) is 1.99. The van der Waals surface area contributed by atoms with Gasteiger partial charge in [0.15, 0.2) is 0 Å². The highest BCUT2D eigenvalue weighted by Crippen LogP contribution is 2.28. The normalized spacial score (nSPS) is 18.4. The van der Waals surface area contributed by atoms with Gasteiger partial charge < -0.3 is 5.32 Å². The molecule has 1 saturated carbocycles. The van der Waals surface area contributed by atoms with Gasteiger partial charge in [0.05, 0.1) is 0 Å². The molecule has 0 heterocycles. The summed E-state index contributed by atoms with van der Waals surface area (Å²) >= 11 is 3.39. The van der Waals surface area contributed by atoms with Gasteiger partial charge in [0.1, 0.15) is 5.82 Å². The third-order valence-corrected chi connectivity index (χ3v) is 3.96. The van der Waals surface area contributed by atoms with E-state index in [0.717, 1.165) is 16.6 Å². The van der Waals surface area contributed by atoms with Crippen molar-refractivity contribution in [1.29, 1.82) is 0 Å². The van der Waals surface area contributed by atoms with E-state index in [1.807, 2.05) is 12.1 Å². The second-order valence-electron chi connectivity index (χ2n) is 5.43. The highest BCUT2D eigenvalue weighted by Gasteiger charge is 2.27. The summed E-state index contributed by atoms with van der Waals surface area (Å²) in [6.07, 6.45) is 5.13. The van der Waals surface area contributed by atoms with Gasteiger partial charge in [-0.15, -0.1) is 6.58 Å². The summed E-state index contributed by atoms with van der Waals surface area (Å²) in [5.74, 6) is -0.141. The van der Waals surface area contributed by atoms with Crippen LogP contribution in [0.1, 0.15) is 25.3 Å². The van der Waals surface area contributed by atoms with E-state index >= 15 is 0 Å². The predicted octanol–water partition coefficient (Wildman–Crippen LogP) is 4.08. The fourth-order valence-corrected chi connectivity index (χ4v) is 2.39. The van der Waals surface area contributed by atoms with Crippen molar-refractivity contribution in [1.82, 2.24) is 5.32 Å². The second kappa shape index (κ2) is 5.54. The minimum absolute atomic E-state index is 0.107. The Bertz CT molecular complexity index is 442. The zero-order valence-electron chi connectivity index (χ0n) is 10.7. The van der Waals surface area contributed by atoms with Crippen molar-refractivity contribution in [3.63, 3.8) is 0 Å². The minimum Gasteiger partial charge on any atom is -0.313 e. The van der Waals surface area contributed by atoms with Crippen LogP contribution in [-0.4, -0.2) is 12.6 Å². The molecule has 1 aromatic rings. The number of nitrogens with one attached hydrogen (secondary N) is 1. The molecule has 1 fully saturated rings. The molecule has 1 atom stereocenters. The molecule has 0 bridgehead atoms. The molecular weight excluding hydrogens is 293 g/mol. The maximum Gasteiger partial charge on any atom is 0.126 e. The lowest BCUT2D eigenvalue weighted by Crippen LogP contribution is -2.33. The lowest BCUT2D eigenvalue weighted by molar-refractivity contribution is 0.383. The Kier molecular flexibility index (Phi) is 4.23. The first kappa shape index (κ1) is 13.8. The molecule has 1 nitrogen and oxygen atoms in total. The van der Waals surface area contributed by atoms with E-state index in [9.17, 15) is 4.39 Å². The smallest absolute Gasteiger partial charge is 0.126 e. The standard InChI is InChI=1S/C15H19BrFN/c1-3-15(2,10-18-13-5-6-13)9-11-8-12(16)4-7-14(11)17/h3-4,7-8,13,18H,1,5-6,9-10H2,2H3. The van der Waals surface area contributed by atoms with Gasteiger partial charge in [0.2, 0.25) is 0 Å². The van der Waals surface area contributed by atoms with Crippen molar-refractivity contribution in [3.8, 4) is 0 Å². The average Bonchev–Trinajstić information content (AvgIpc) is 3.15. The summed E-state index contributed by atoms with van der Waals surface area (Å²) in [4.78, 5) is 0. The number of benzene rings is 1. The third kappa shape index (κ3) is 3.66. The van der Waals surface area contributed by atoms with Crippen LogP contribution in [-0.2, 0) is 6.42 Å². The summed E-state index contributed by atoms with van der Waals surface area (Å²) in [5, 5.41) is 3.50. The Morgan fingerprint density at radius 2 is 2.28 bits per heavy atom. The number of rotatable bonds is 6. The summed E-state index contributed by atoms with van der Waals surface area (Å²) < 4.78 is 14.7. The van der Waals surface area contributed by atoms with E-state index in [0.29, 0.717) is 12.5 Å². The van der Waals surface area contributed by atoms with Crippen LogP contribution in [0.2, 0.25) is 0 Å². The van der Waals surface area contributed by atoms with Gasteiger partial charge >= 0.3 is 0 Å². The van der Waals surface area contributed by atoms with Crippen molar-refractivity contribution in [3.05, 3.63) is 46.7 Å². The van der Waals surface area contributed by atoms with Crippen molar-refractivity contribution in [2.45, 2.75) is 32.2 Å². The highest BCUT2D eigenvalue weighted by molar-refractivity contribution is 9.10. The maximum atomic E-state index is 13.8. The molecule has 0 amide bonds. The van der Waals surface area contributed by atoms with Crippen molar-refractivity contribution in [2.24, 2.45) is 5.41 Å². The maximum absolute atomic E-state index is 13.8. The lowest BCUT2D eigenvalue weighted by Gasteiger charge is -2.26. The molecule has 98 valence electrons. The second-order valence-corrected chi connectivity index (χ2v) is 6.34. The Labute approximate surface area is 117 Å². The Balaban J connectivity index is 2.07. The van der Waals surface area contributed by atoms with Crippen LogP contribution in [0.25, 0.3) is 0 Å². The monoisotopic (exact) mass is 311 g/mol. The molecule has 18 heavy (non-hydrogen) atoms. The van der Waals surface area contributed by atoms with E-state index in [-0.39, 0.29) is 11.2 Å². The van der Waals surface area contributed by atoms with Gasteiger partial charge in [-0.3, -0.25) is 0 Å². The van der Waals surface area contributed by atoms with Crippen LogP contribution in [0, 0.1) is 11.2 Å². The van der Waals surface area contributed by atoms with Crippen molar-refractivity contribution < 1.29 is 4.39 Å². The SMILES string of the molecule is C=CC(C)(CNC1CC1)Cc1cc(Br)ccc1F. The summed E-state index contributed by atoms with van der Waals surface area (Å²) in [6.45, 7) is 6.88. The molecule has 2 rings (SSSR count). The fraction of sp³-hybridized carbons (Fsp3) is 0.467. The van der Waals surface area contributed by atoms with Crippen LogP contribution in [0.4, 0.5) is 4.39 Å². The van der Waals surface area contributed by atoms with Gasteiger partial charge in [-0.05, 0) is 43.0 Å². The van der Waals surface area contributed by atoms with Gasteiger partial charge in [-0.1, -0.05) is 28.9 Å². The molecule has 3 heteroatoms. The summed E-state index contributed by atoms with van der Waals surface area (Å²) in [7, 11) is 0. The molecule has 1 unspecified atom stereocenters. The van der Waals surface area contributed by atoms with E-state index in [2.05, 4.69) is 34.7 Å². The van der Waals surface area contributed by atoms with E-state index in [1.165, 1.54) is 18.9 Å². The molecule has 0 radical (unpaired) electrons. The zero-order valence-corrected chi connectivity index (χ0v) is 12.3. The van der Waals surface area contributed by atoms with Crippen molar-refractivity contribution >= 4 is 15.9 Å². The largest absolute Gasteiger partial charge is 0.313 e. The molecule has 0 aromatic heterocycles. The molecule has 0 saturated heterocycles. The number of halogens is 2. The van der Waals surface area contributed by atoms with Gasteiger partial charge in [-0.25, -0.2) is 4.39 Å². The van der Waals surface area contributed by atoms with Gasteiger partial charge in [-0.2, -0.15) is 0 Å². The molecule has 0 aliphatic heterocycles. The molecule has 0 spiro atoms. The van der Waals surface area contributed by atoms with E-state index in [4.69, 9.17) is 0 Å². The summed E-state index contributed by atoms with van der Waals surface area (Å²) in [5.41, 5.74) is 0.633. The van der Waals surface area contributed by atoms with Crippen LogP contribution in [0.3, 0.4) is 0 Å². The van der Waals surface area contributed by atoms with Crippen molar-refractivity contribution in [2.75, 3.05) is 6.54 Å². The first-order valence-corrected chi connectivity index (χ1v) is 7.13. The molecule has 1 aromatic carbocycles. The van der Waals surface area contributed by atoms with Gasteiger partial charge in [0.25, 0.3) is 0 Å². The Hall–Kier alpha value is -0.670. The predicted molar refractivity (Wildman–Crippen MR) is 77.1 cm³/mol. The average molecular weight is 312 g/mol. The van der Waals surface area contributed by atoms with Crippen LogP contribution >= 0.6 is 15.9 Å². The molecule has 1 aliphatic carbocycles. The lowest BCUT2D eigenvalue weighted by atomic mass is 9.83. The Morgan fingerprint density at radius 1 is 1.56 bits per heavy atom. The quantitative estimate of drug-likeness (QED) is 0.781. The summed E-state index contributed by atoms with van der Waals surface area (Å²) in [6, 6.07) is 5.76. The minimum atomic E-state index is -0.141. The van der Waals surface area contributed by atoms with Gasteiger partial charge in [0, 0.05) is 22.5 Å². The Morgan fingerprint density at radius 3 is 2.89 bits per heavy atom. The number of hydrogen-bond donors (Lipinski definition) is 1. The highest BCUT2D eigenvalue weighted by atomic mass is 79.9. The zero-order chi connectivity index (χ0) is 13.2. The number of hydrogen-bond acceptors (Lipinski definition) is 1. The molecule has 1 N–H and O–H groups in total. The first-order valence-electron chi connectivity index (χ1n) is 6.33. The van der Waals surface area contributed by atoms with Crippen LogP contribution < -0.4 is 5.32 Å². The van der Waals surface area contributed by atoms with Crippen LogP contribution in [0.15, 0.2) is 35.3 Å². The third-order valence-electron chi connectivity index (χ3n) is 3.47.